The molecule has 3 aliphatic rings. The van der Waals surface area contributed by atoms with Crippen molar-refractivity contribution in [2.24, 2.45) is 0 Å². The smallest absolute Gasteiger partial charge is 0.164 e. The zero-order valence-electron chi connectivity index (χ0n) is 34.9. The minimum absolute atomic E-state index is 0.607. The first-order valence-electron chi connectivity index (χ1n) is 21.6. The minimum Gasteiger partial charge on any atom is -0.208 e. The molecule has 63 heavy (non-hydrogen) atoms. The number of rotatable bonds is 6. The fraction of sp³-hybridized carbons (Fsp3) is 0.0877. The number of allylic oxidation sites excluding steroid dienone is 4. The van der Waals surface area contributed by atoms with Gasteiger partial charge < -0.3 is 0 Å². The third-order valence-electron chi connectivity index (χ3n) is 12.8. The normalized spacial score (nSPS) is 15.7. The van der Waals surface area contributed by atoms with Crippen molar-refractivity contribution < 1.29 is 0 Å². The molecular weight excluding hydrogens is 769 g/mol. The second-order valence-corrected chi connectivity index (χ2v) is 16.8. The summed E-state index contributed by atoms with van der Waals surface area (Å²) in [5.41, 5.74) is 17.9. The number of aromatic nitrogens is 6. The first kappa shape index (κ1) is 36.9. The van der Waals surface area contributed by atoms with Gasteiger partial charge in [0.15, 0.2) is 34.9 Å². The predicted octanol–water partition coefficient (Wildman–Crippen LogP) is 13.2. The Kier molecular flexibility index (Phi) is 8.54. The topological polar surface area (TPSA) is 77.3 Å². The van der Waals surface area contributed by atoms with Crippen LogP contribution in [0.25, 0.3) is 85.0 Å². The van der Waals surface area contributed by atoms with Crippen LogP contribution in [-0.2, 0) is 5.41 Å². The Labute approximate surface area is 366 Å². The van der Waals surface area contributed by atoms with E-state index in [0.29, 0.717) is 34.9 Å². The molecule has 0 saturated carbocycles. The van der Waals surface area contributed by atoms with Crippen LogP contribution in [0, 0.1) is 6.92 Å². The molecule has 1 unspecified atom stereocenters. The maximum atomic E-state index is 5.20. The van der Waals surface area contributed by atoms with Gasteiger partial charge in [-0.1, -0.05) is 181 Å². The van der Waals surface area contributed by atoms with E-state index in [9.17, 15) is 0 Å². The van der Waals surface area contributed by atoms with Crippen LogP contribution in [0.2, 0.25) is 0 Å². The zero-order chi connectivity index (χ0) is 42.1. The van der Waals surface area contributed by atoms with E-state index >= 15 is 0 Å². The van der Waals surface area contributed by atoms with E-state index in [4.69, 9.17) is 29.9 Å². The monoisotopic (exact) mass is 808 g/mol. The lowest BCUT2D eigenvalue weighted by Gasteiger charge is -2.33. The van der Waals surface area contributed by atoms with Crippen LogP contribution in [0.15, 0.2) is 193 Å². The van der Waals surface area contributed by atoms with Gasteiger partial charge in [-0.15, -0.1) is 0 Å². The third-order valence-corrected chi connectivity index (χ3v) is 12.8. The molecule has 6 heteroatoms. The Morgan fingerprint density at radius 3 is 1.16 bits per heavy atom. The molecule has 0 bridgehead atoms. The molecule has 9 aromatic rings. The molecule has 298 valence electrons. The van der Waals surface area contributed by atoms with Gasteiger partial charge in [0.2, 0.25) is 0 Å². The fourth-order valence-corrected chi connectivity index (χ4v) is 9.91. The van der Waals surface area contributed by atoms with Gasteiger partial charge in [-0.05, 0) is 83.3 Å². The van der Waals surface area contributed by atoms with Gasteiger partial charge in [0.1, 0.15) is 0 Å². The first-order valence-corrected chi connectivity index (χ1v) is 21.6. The number of aryl methyl sites for hydroxylation is 1. The summed E-state index contributed by atoms with van der Waals surface area (Å²) in [4.78, 5) is 30.8. The van der Waals surface area contributed by atoms with Crippen molar-refractivity contribution in [2.75, 3.05) is 0 Å². The van der Waals surface area contributed by atoms with Gasteiger partial charge in [0, 0.05) is 33.4 Å². The van der Waals surface area contributed by atoms with Crippen molar-refractivity contribution in [3.05, 3.63) is 221 Å². The summed E-state index contributed by atoms with van der Waals surface area (Å²) in [5.74, 6) is 3.84. The zero-order valence-corrected chi connectivity index (χ0v) is 34.9. The molecule has 2 heterocycles. The minimum atomic E-state index is -0.607. The maximum absolute atomic E-state index is 5.20. The second-order valence-electron chi connectivity index (χ2n) is 16.8. The molecule has 1 atom stereocenters. The summed E-state index contributed by atoms with van der Waals surface area (Å²) in [6.07, 6.45) is 4.46. The van der Waals surface area contributed by atoms with Crippen LogP contribution in [0.1, 0.15) is 47.6 Å². The lowest BCUT2D eigenvalue weighted by atomic mass is 9.68. The van der Waals surface area contributed by atoms with Crippen LogP contribution >= 0.6 is 0 Å². The lowest BCUT2D eigenvalue weighted by molar-refractivity contribution is 0.775. The van der Waals surface area contributed by atoms with E-state index in [1.165, 1.54) is 55.7 Å². The number of hydrogen-bond acceptors (Lipinski definition) is 6. The number of nitrogens with zero attached hydrogens (tertiary/aromatic N) is 6. The number of fused-ring (bicyclic) bond motifs is 9. The molecule has 0 fully saturated rings. The average molecular weight is 809 g/mol. The third kappa shape index (κ3) is 6.01. The predicted molar refractivity (Wildman–Crippen MR) is 252 cm³/mol. The molecule has 0 aliphatic heterocycles. The summed E-state index contributed by atoms with van der Waals surface area (Å²) >= 11 is 0. The Hall–Kier alpha value is -7.96. The first-order chi connectivity index (χ1) is 31.0. The van der Waals surface area contributed by atoms with Crippen molar-refractivity contribution in [3.63, 3.8) is 0 Å². The summed E-state index contributed by atoms with van der Waals surface area (Å²) < 4.78 is 0. The summed E-state index contributed by atoms with van der Waals surface area (Å²) in [6.45, 7) is 4.48. The van der Waals surface area contributed by atoms with Crippen molar-refractivity contribution in [3.8, 4) is 79.5 Å². The van der Waals surface area contributed by atoms with Crippen LogP contribution in [0.4, 0.5) is 0 Å². The van der Waals surface area contributed by atoms with Gasteiger partial charge in [-0.3, -0.25) is 0 Å². The Morgan fingerprint density at radius 2 is 0.714 bits per heavy atom. The van der Waals surface area contributed by atoms with Crippen LogP contribution < -0.4 is 0 Å². The standard InChI is InChI=1S/C57H40N6/c1-35-23-27-43-45-29-25-41(55-60-51(37-15-7-3-8-16-37)58-52(61-55)38-17-9-4-10-18-38)33-49(45)57(47(43)31-35)48-32-36(2)24-28-44(48)46-30-26-42(34-50(46)57)56-62-53(39-19-11-5-12-20-39)59-54(63-56)40-21-13-6-14-22-40/h3-23,25-27,29-34H,24,28H2,1-2H3. The van der Waals surface area contributed by atoms with Gasteiger partial charge in [-0.25, -0.2) is 29.9 Å². The molecule has 3 aliphatic carbocycles. The van der Waals surface area contributed by atoms with Crippen molar-refractivity contribution in [1.82, 2.24) is 29.9 Å². The van der Waals surface area contributed by atoms with Gasteiger partial charge in [-0.2, -0.15) is 0 Å². The Bertz CT molecular complexity index is 3230. The Balaban J connectivity index is 1.11. The highest BCUT2D eigenvalue weighted by Crippen LogP contribution is 2.64. The summed E-state index contributed by atoms with van der Waals surface area (Å²) in [6, 6.07) is 61.4. The largest absolute Gasteiger partial charge is 0.208 e. The maximum Gasteiger partial charge on any atom is 0.164 e. The molecule has 1 spiro atoms. The molecule has 6 nitrogen and oxygen atoms in total. The van der Waals surface area contributed by atoms with Crippen LogP contribution in [0.5, 0.6) is 0 Å². The average Bonchev–Trinajstić information content (AvgIpc) is 3.80. The number of benzene rings is 7. The lowest BCUT2D eigenvalue weighted by Crippen LogP contribution is -2.27. The molecule has 12 rings (SSSR count). The highest BCUT2D eigenvalue weighted by atomic mass is 15.0. The quantitative estimate of drug-likeness (QED) is 0.166. The molecule has 0 N–H and O–H groups in total. The highest BCUT2D eigenvalue weighted by molar-refractivity contribution is 5.97. The van der Waals surface area contributed by atoms with Crippen molar-refractivity contribution >= 4 is 5.57 Å². The fourth-order valence-electron chi connectivity index (χ4n) is 9.91. The van der Waals surface area contributed by atoms with Crippen LogP contribution in [-0.4, -0.2) is 29.9 Å². The molecule has 0 amide bonds. The molecule has 0 radical (unpaired) electrons. The van der Waals surface area contributed by atoms with Crippen molar-refractivity contribution in [2.45, 2.75) is 32.1 Å². The van der Waals surface area contributed by atoms with E-state index in [1.807, 2.05) is 72.8 Å². The molecule has 2 aromatic heterocycles. The van der Waals surface area contributed by atoms with E-state index in [1.54, 1.807) is 0 Å². The molecule has 0 saturated heterocycles. The van der Waals surface area contributed by atoms with Gasteiger partial charge in [0.25, 0.3) is 0 Å². The van der Waals surface area contributed by atoms with Crippen LogP contribution in [0.3, 0.4) is 0 Å². The Morgan fingerprint density at radius 1 is 0.349 bits per heavy atom. The van der Waals surface area contributed by atoms with Gasteiger partial charge >= 0.3 is 0 Å². The van der Waals surface area contributed by atoms with Gasteiger partial charge in [0.05, 0.1) is 5.41 Å². The summed E-state index contributed by atoms with van der Waals surface area (Å²) in [7, 11) is 0. The van der Waals surface area contributed by atoms with E-state index in [0.717, 1.165) is 46.2 Å². The van der Waals surface area contributed by atoms with E-state index in [2.05, 4.69) is 123 Å². The number of hydrogen-bond donors (Lipinski definition) is 0. The van der Waals surface area contributed by atoms with E-state index in [-0.39, 0.29) is 0 Å². The summed E-state index contributed by atoms with van der Waals surface area (Å²) in [5, 5.41) is 0. The molecular formula is C57H40N6. The van der Waals surface area contributed by atoms with Crippen molar-refractivity contribution in [1.29, 1.82) is 0 Å². The molecule has 7 aromatic carbocycles. The highest BCUT2D eigenvalue weighted by Gasteiger charge is 2.53. The van der Waals surface area contributed by atoms with E-state index < -0.39 is 5.41 Å². The second kappa shape index (κ2) is 14.6. The SMILES string of the molecule is CC1=CC2=C(CC1)c1ccc(-c3nc(-c4ccccc4)nc(-c4ccccc4)n3)cc1C21c2cc(C)ccc2-c2ccc(-c3nc(-c4ccccc4)nc(-c4ccccc4)n3)cc21.